The first-order valence-corrected chi connectivity index (χ1v) is 8.49. The molecule has 0 fully saturated rings. The van der Waals surface area contributed by atoms with Gasteiger partial charge in [-0.25, -0.2) is 0 Å². The lowest BCUT2D eigenvalue weighted by Gasteiger charge is -2.22. The first-order chi connectivity index (χ1) is 12.9. The summed E-state index contributed by atoms with van der Waals surface area (Å²) in [6.45, 7) is 3.06. The van der Waals surface area contributed by atoms with Crippen LogP contribution in [0.1, 0.15) is 20.3 Å². The second-order valence-corrected chi connectivity index (χ2v) is 5.90. The summed E-state index contributed by atoms with van der Waals surface area (Å²) in [6.07, 6.45) is 0.113. The molecule has 0 saturated carbocycles. The van der Waals surface area contributed by atoms with Gasteiger partial charge < -0.3 is 20.3 Å². The summed E-state index contributed by atoms with van der Waals surface area (Å²) < 4.78 is 5.21. The maximum Gasteiger partial charge on any atom is 0.226 e. The van der Waals surface area contributed by atoms with Crippen LogP contribution in [-0.2, 0) is 14.4 Å². The van der Waals surface area contributed by atoms with Crippen LogP contribution >= 0.6 is 0 Å². The first-order valence-electron chi connectivity index (χ1n) is 8.49. The largest absolute Gasteiger partial charge is 0.495 e. The molecule has 0 radical (unpaired) electrons. The molecule has 0 aliphatic rings. The summed E-state index contributed by atoms with van der Waals surface area (Å²) in [6, 6.07) is 14.0. The molecule has 0 heterocycles. The van der Waals surface area contributed by atoms with E-state index in [1.54, 1.807) is 42.5 Å². The number of carbonyl (C=O) groups is 3. The van der Waals surface area contributed by atoms with E-state index in [9.17, 15) is 14.4 Å². The summed E-state index contributed by atoms with van der Waals surface area (Å²) in [5.41, 5.74) is 1.77. The molecule has 0 bridgehead atoms. The number of carbonyl (C=O) groups excluding carboxylic acids is 3. The third kappa shape index (κ3) is 5.85. The van der Waals surface area contributed by atoms with E-state index in [2.05, 4.69) is 10.6 Å². The Labute approximate surface area is 158 Å². The van der Waals surface area contributed by atoms with Crippen molar-refractivity contribution in [2.75, 3.05) is 29.2 Å². The van der Waals surface area contributed by atoms with Gasteiger partial charge in [-0.1, -0.05) is 18.2 Å². The third-order valence-electron chi connectivity index (χ3n) is 3.80. The average molecular weight is 369 g/mol. The normalized spacial score (nSPS) is 10.0. The molecular formula is C20H23N3O4. The predicted octanol–water partition coefficient (Wildman–Crippen LogP) is 3.04. The number of nitrogens with one attached hydrogen (secondary N) is 2. The van der Waals surface area contributed by atoms with Gasteiger partial charge in [0.25, 0.3) is 0 Å². The van der Waals surface area contributed by atoms with Crippen LogP contribution in [0.4, 0.5) is 17.1 Å². The Bertz CT molecular complexity index is 835. The van der Waals surface area contributed by atoms with Crippen molar-refractivity contribution >= 4 is 34.8 Å². The number of ether oxygens (including phenoxy) is 1. The molecule has 27 heavy (non-hydrogen) atoms. The number of amides is 3. The molecule has 0 saturated heterocycles. The first kappa shape index (κ1) is 20.0. The molecule has 2 rings (SSSR count). The maximum absolute atomic E-state index is 12.3. The van der Waals surface area contributed by atoms with Crippen LogP contribution < -0.4 is 20.3 Å². The number of hydrogen-bond acceptors (Lipinski definition) is 4. The van der Waals surface area contributed by atoms with E-state index in [0.29, 0.717) is 22.8 Å². The van der Waals surface area contributed by atoms with Crippen molar-refractivity contribution in [3.63, 3.8) is 0 Å². The Balaban J connectivity index is 2.05. The predicted molar refractivity (Wildman–Crippen MR) is 105 cm³/mol. The fourth-order valence-corrected chi connectivity index (χ4v) is 2.60. The van der Waals surface area contributed by atoms with Crippen LogP contribution in [-0.4, -0.2) is 31.4 Å². The molecule has 2 aromatic rings. The number of hydrogen-bond donors (Lipinski definition) is 2. The number of rotatable bonds is 7. The molecule has 7 nitrogen and oxygen atoms in total. The molecule has 0 aliphatic carbocycles. The number of anilines is 3. The van der Waals surface area contributed by atoms with Crippen molar-refractivity contribution < 1.29 is 19.1 Å². The third-order valence-corrected chi connectivity index (χ3v) is 3.80. The van der Waals surface area contributed by atoms with Crippen LogP contribution in [0.2, 0.25) is 0 Å². The summed E-state index contributed by atoms with van der Waals surface area (Å²) in [5.74, 6) is -0.0566. The van der Waals surface area contributed by atoms with Crippen molar-refractivity contribution in [1.29, 1.82) is 0 Å². The fraction of sp³-hybridized carbons (Fsp3) is 0.250. The second kappa shape index (κ2) is 9.38. The molecule has 0 atom stereocenters. The van der Waals surface area contributed by atoms with Crippen LogP contribution in [0.3, 0.4) is 0 Å². The van der Waals surface area contributed by atoms with E-state index in [0.717, 1.165) is 0 Å². The molecule has 2 aromatic carbocycles. The second-order valence-electron chi connectivity index (χ2n) is 5.90. The van der Waals surface area contributed by atoms with Gasteiger partial charge >= 0.3 is 0 Å². The Morgan fingerprint density at radius 1 is 1.00 bits per heavy atom. The molecule has 0 aliphatic heterocycles. The Morgan fingerprint density at radius 2 is 1.74 bits per heavy atom. The highest BCUT2D eigenvalue weighted by molar-refractivity contribution is 5.96. The fourth-order valence-electron chi connectivity index (χ4n) is 2.60. The zero-order chi connectivity index (χ0) is 19.8. The zero-order valence-electron chi connectivity index (χ0n) is 15.6. The molecular weight excluding hydrogens is 346 g/mol. The molecule has 3 amide bonds. The van der Waals surface area contributed by atoms with Gasteiger partial charge in [0.1, 0.15) is 5.75 Å². The van der Waals surface area contributed by atoms with Crippen LogP contribution in [0.5, 0.6) is 5.75 Å². The zero-order valence-corrected chi connectivity index (χ0v) is 15.6. The standard InChI is InChI=1S/C20H23N3O4/c1-14(24)21-16-7-6-8-17(13-16)23(15(2)25)12-11-20(26)22-18-9-4-5-10-19(18)27-3/h4-10,13H,11-12H2,1-3H3,(H,21,24)(H,22,26). The summed E-state index contributed by atoms with van der Waals surface area (Å²) in [5, 5.41) is 5.46. The minimum atomic E-state index is -0.233. The minimum Gasteiger partial charge on any atom is -0.495 e. The van der Waals surface area contributed by atoms with Crippen molar-refractivity contribution in [3.8, 4) is 5.75 Å². The highest BCUT2D eigenvalue weighted by atomic mass is 16.5. The summed E-state index contributed by atoms with van der Waals surface area (Å²) in [7, 11) is 1.53. The van der Waals surface area contributed by atoms with E-state index >= 15 is 0 Å². The van der Waals surface area contributed by atoms with E-state index in [1.165, 1.54) is 25.9 Å². The van der Waals surface area contributed by atoms with Crippen molar-refractivity contribution in [1.82, 2.24) is 0 Å². The van der Waals surface area contributed by atoms with Crippen molar-refractivity contribution in [3.05, 3.63) is 48.5 Å². The number of nitrogens with zero attached hydrogens (tertiary/aromatic N) is 1. The average Bonchev–Trinajstić information content (AvgIpc) is 2.62. The van der Waals surface area contributed by atoms with Crippen LogP contribution in [0.15, 0.2) is 48.5 Å². The van der Waals surface area contributed by atoms with Gasteiger partial charge in [-0.3, -0.25) is 14.4 Å². The Kier molecular flexibility index (Phi) is 6.93. The molecule has 0 unspecified atom stereocenters. The highest BCUT2D eigenvalue weighted by Crippen LogP contribution is 2.24. The quantitative estimate of drug-likeness (QED) is 0.785. The van der Waals surface area contributed by atoms with Crippen LogP contribution in [0, 0.1) is 0 Å². The summed E-state index contributed by atoms with van der Waals surface area (Å²) >= 11 is 0. The summed E-state index contributed by atoms with van der Waals surface area (Å²) in [4.78, 5) is 37.0. The smallest absolute Gasteiger partial charge is 0.226 e. The molecule has 0 aromatic heterocycles. The molecule has 0 spiro atoms. The maximum atomic E-state index is 12.3. The van der Waals surface area contributed by atoms with E-state index in [4.69, 9.17) is 4.74 Å². The van der Waals surface area contributed by atoms with Gasteiger partial charge in [-0.2, -0.15) is 0 Å². The van der Waals surface area contributed by atoms with Gasteiger partial charge in [0.15, 0.2) is 0 Å². The van der Waals surface area contributed by atoms with Gasteiger partial charge in [-0.05, 0) is 30.3 Å². The van der Waals surface area contributed by atoms with Crippen molar-refractivity contribution in [2.45, 2.75) is 20.3 Å². The lowest BCUT2D eigenvalue weighted by molar-refractivity contribution is -0.117. The Hall–Kier alpha value is -3.35. The van der Waals surface area contributed by atoms with Crippen molar-refractivity contribution in [2.24, 2.45) is 0 Å². The highest BCUT2D eigenvalue weighted by Gasteiger charge is 2.15. The van der Waals surface area contributed by atoms with Gasteiger partial charge in [0.2, 0.25) is 17.7 Å². The number of para-hydroxylation sites is 2. The van der Waals surface area contributed by atoms with Gasteiger partial charge in [-0.15, -0.1) is 0 Å². The minimum absolute atomic E-state index is 0.113. The SMILES string of the molecule is COc1ccccc1NC(=O)CCN(C(C)=O)c1cccc(NC(C)=O)c1. The van der Waals surface area contributed by atoms with Gasteiger partial charge in [0, 0.05) is 38.2 Å². The van der Waals surface area contributed by atoms with E-state index < -0.39 is 0 Å². The molecule has 2 N–H and O–H groups in total. The number of benzene rings is 2. The lowest BCUT2D eigenvalue weighted by Crippen LogP contribution is -2.32. The van der Waals surface area contributed by atoms with E-state index in [1.807, 2.05) is 6.07 Å². The van der Waals surface area contributed by atoms with Crippen LogP contribution in [0.25, 0.3) is 0 Å². The Morgan fingerprint density at radius 3 is 2.41 bits per heavy atom. The monoisotopic (exact) mass is 369 g/mol. The topological polar surface area (TPSA) is 87.7 Å². The lowest BCUT2D eigenvalue weighted by atomic mass is 10.2. The van der Waals surface area contributed by atoms with Gasteiger partial charge in [0.05, 0.1) is 12.8 Å². The number of methoxy groups -OCH3 is 1. The van der Waals surface area contributed by atoms with E-state index in [-0.39, 0.29) is 30.7 Å². The molecule has 7 heteroatoms. The molecule has 142 valence electrons.